The number of alkyl halides is 3. The SMILES string of the molecule is O=C(O)c1cccc(Cn2c(=O)n(-c3ccc(C(F)(F)F)cc3)c3cc(Cl)ccc32)c1. The van der Waals surface area contributed by atoms with Gasteiger partial charge in [-0.1, -0.05) is 23.7 Å². The van der Waals surface area contributed by atoms with Crippen molar-refractivity contribution in [3.63, 3.8) is 0 Å². The van der Waals surface area contributed by atoms with Crippen molar-refractivity contribution in [1.29, 1.82) is 0 Å². The first-order valence-electron chi connectivity index (χ1n) is 9.06. The molecule has 0 spiro atoms. The summed E-state index contributed by atoms with van der Waals surface area (Å²) in [6, 6.07) is 15.2. The van der Waals surface area contributed by atoms with Crippen LogP contribution in [-0.4, -0.2) is 20.2 Å². The molecule has 1 heterocycles. The minimum absolute atomic E-state index is 0.0751. The van der Waals surface area contributed by atoms with E-state index in [1.165, 1.54) is 33.4 Å². The maximum absolute atomic E-state index is 13.2. The number of aromatic nitrogens is 2. The molecule has 3 aromatic carbocycles. The van der Waals surface area contributed by atoms with Crippen molar-refractivity contribution >= 4 is 28.6 Å². The summed E-state index contributed by atoms with van der Waals surface area (Å²) >= 11 is 6.10. The van der Waals surface area contributed by atoms with Crippen LogP contribution in [0.4, 0.5) is 13.2 Å². The van der Waals surface area contributed by atoms with E-state index >= 15 is 0 Å². The van der Waals surface area contributed by atoms with Crippen molar-refractivity contribution in [1.82, 2.24) is 9.13 Å². The molecule has 0 aliphatic heterocycles. The molecule has 1 aromatic heterocycles. The zero-order valence-electron chi connectivity index (χ0n) is 15.7. The Morgan fingerprint density at radius 3 is 2.32 bits per heavy atom. The number of fused-ring (bicyclic) bond motifs is 1. The molecular formula is C22H14ClF3N2O3. The number of rotatable bonds is 4. The molecule has 0 amide bonds. The van der Waals surface area contributed by atoms with E-state index in [2.05, 4.69) is 0 Å². The lowest BCUT2D eigenvalue weighted by Gasteiger charge is -2.08. The summed E-state index contributed by atoms with van der Waals surface area (Å²) in [6.45, 7) is 0.0751. The van der Waals surface area contributed by atoms with Gasteiger partial charge in [-0.15, -0.1) is 0 Å². The molecule has 0 aliphatic carbocycles. The maximum Gasteiger partial charge on any atom is 0.416 e. The average molecular weight is 447 g/mol. The van der Waals surface area contributed by atoms with E-state index in [-0.39, 0.29) is 17.8 Å². The first-order valence-corrected chi connectivity index (χ1v) is 9.43. The fourth-order valence-corrected chi connectivity index (χ4v) is 3.58. The van der Waals surface area contributed by atoms with E-state index in [9.17, 15) is 27.9 Å². The highest BCUT2D eigenvalue weighted by Gasteiger charge is 2.30. The molecule has 1 N–H and O–H groups in total. The summed E-state index contributed by atoms with van der Waals surface area (Å²) in [4.78, 5) is 24.5. The normalized spacial score (nSPS) is 11.7. The van der Waals surface area contributed by atoms with Crippen LogP contribution in [0.25, 0.3) is 16.7 Å². The van der Waals surface area contributed by atoms with Crippen molar-refractivity contribution < 1.29 is 23.1 Å². The monoisotopic (exact) mass is 446 g/mol. The van der Waals surface area contributed by atoms with Crippen LogP contribution in [0.2, 0.25) is 5.02 Å². The number of carboxylic acid groups (broad SMARTS) is 1. The first kappa shape index (κ1) is 20.7. The second kappa shape index (κ2) is 7.63. The predicted octanol–water partition coefficient (Wildman–Crippen LogP) is 5.21. The van der Waals surface area contributed by atoms with Crippen LogP contribution in [0.3, 0.4) is 0 Å². The molecule has 0 saturated heterocycles. The highest BCUT2D eigenvalue weighted by atomic mass is 35.5. The van der Waals surface area contributed by atoms with Crippen molar-refractivity contribution in [3.8, 4) is 5.69 Å². The third-order valence-corrected chi connectivity index (χ3v) is 5.09. The van der Waals surface area contributed by atoms with Gasteiger partial charge in [0.2, 0.25) is 0 Å². The van der Waals surface area contributed by atoms with E-state index in [1.807, 2.05) is 0 Å². The first-order chi connectivity index (χ1) is 14.6. The van der Waals surface area contributed by atoms with Gasteiger partial charge in [-0.3, -0.25) is 9.13 Å². The molecule has 0 bridgehead atoms. The molecule has 0 atom stereocenters. The second-order valence-corrected chi connectivity index (χ2v) is 7.32. The Balaban J connectivity index is 1.87. The Hall–Kier alpha value is -3.52. The molecule has 31 heavy (non-hydrogen) atoms. The van der Waals surface area contributed by atoms with Crippen LogP contribution in [0.1, 0.15) is 21.5 Å². The molecule has 4 aromatic rings. The summed E-state index contributed by atoms with van der Waals surface area (Å²) in [6.07, 6.45) is -4.49. The molecule has 9 heteroatoms. The Morgan fingerprint density at radius 2 is 1.68 bits per heavy atom. The summed E-state index contributed by atoms with van der Waals surface area (Å²) in [5.41, 5.74) is 0.544. The van der Waals surface area contributed by atoms with Gasteiger partial charge < -0.3 is 5.11 Å². The van der Waals surface area contributed by atoms with Gasteiger partial charge in [-0.25, -0.2) is 9.59 Å². The summed E-state index contributed by atoms with van der Waals surface area (Å²) in [5.74, 6) is -1.09. The van der Waals surface area contributed by atoms with E-state index in [0.717, 1.165) is 12.1 Å². The molecular weight excluding hydrogens is 433 g/mol. The van der Waals surface area contributed by atoms with Crippen molar-refractivity contribution in [2.75, 3.05) is 0 Å². The van der Waals surface area contributed by atoms with Gasteiger partial charge in [0.25, 0.3) is 0 Å². The van der Waals surface area contributed by atoms with Crippen LogP contribution in [-0.2, 0) is 12.7 Å². The number of benzene rings is 3. The largest absolute Gasteiger partial charge is 0.478 e. The van der Waals surface area contributed by atoms with E-state index in [0.29, 0.717) is 21.6 Å². The minimum atomic E-state index is -4.49. The lowest BCUT2D eigenvalue weighted by Crippen LogP contribution is -2.24. The number of nitrogens with zero attached hydrogens (tertiary/aromatic N) is 2. The molecule has 0 fully saturated rings. The molecule has 0 saturated carbocycles. The topological polar surface area (TPSA) is 64.2 Å². The van der Waals surface area contributed by atoms with Gasteiger partial charge in [0, 0.05) is 5.02 Å². The number of hydrogen-bond donors (Lipinski definition) is 1. The number of carbonyl (C=O) groups is 1. The molecule has 5 nitrogen and oxygen atoms in total. The van der Waals surface area contributed by atoms with Crippen LogP contribution in [0.15, 0.2) is 71.5 Å². The van der Waals surface area contributed by atoms with E-state index in [4.69, 9.17) is 11.6 Å². The highest BCUT2D eigenvalue weighted by molar-refractivity contribution is 6.31. The smallest absolute Gasteiger partial charge is 0.416 e. The van der Waals surface area contributed by atoms with Gasteiger partial charge in [0.15, 0.2) is 0 Å². The molecule has 0 aliphatic rings. The lowest BCUT2D eigenvalue weighted by molar-refractivity contribution is -0.137. The summed E-state index contributed by atoms with van der Waals surface area (Å²) in [5, 5.41) is 9.56. The van der Waals surface area contributed by atoms with E-state index < -0.39 is 23.4 Å². The fraction of sp³-hybridized carbons (Fsp3) is 0.0909. The van der Waals surface area contributed by atoms with Gasteiger partial charge in [0.1, 0.15) is 0 Å². The second-order valence-electron chi connectivity index (χ2n) is 6.89. The zero-order valence-corrected chi connectivity index (χ0v) is 16.5. The third kappa shape index (κ3) is 3.94. The van der Waals surface area contributed by atoms with Crippen molar-refractivity contribution in [2.24, 2.45) is 0 Å². The predicted molar refractivity (Wildman–Crippen MR) is 110 cm³/mol. The lowest BCUT2D eigenvalue weighted by atomic mass is 10.1. The number of hydrogen-bond acceptors (Lipinski definition) is 2. The van der Waals surface area contributed by atoms with Crippen LogP contribution in [0.5, 0.6) is 0 Å². The number of halogens is 4. The van der Waals surface area contributed by atoms with Crippen molar-refractivity contribution in [3.05, 3.63) is 98.9 Å². The van der Waals surface area contributed by atoms with E-state index in [1.54, 1.807) is 30.3 Å². The van der Waals surface area contributed by atoms with Crippen LogP contribution in [0, 0.1) is 0 Å². The maximum atomic E-state index is 13.2. The number of carboxylic acids is 1. The molecule has 0 unspecified atom stereocenters. The third-order valence-electron chi connectivity index (χ3n) is 4.86. The van der Waals surface area contributed by atoms with Gasteiger partial charge in [0.05, 0.1) is 34.4 Å². The molecule has 4 rings (SSSR count). The Kier molecular flexibility index (Phi) is 5.10. The van der Waals surface area contributed by atoms with Crippen LogP contribution >= 0.6 is 11.6 Å². The minimum Gasteiger partial charge on any atom is -0.478 e. The molecule has 0 radical (unpaired) electrons. The number of imidazole rings is 1. The Bertz CT molecular complexity index is 1360. The fourth-order valence-electron chi connectivity index (χ4n) is 3.42. The van der Waals surface area contributed by atoms with Gasteiger partial charge in [-0.05, 0) is 60.2 Å². The quantitative estimate of drug-likeness (QED) is 0.468. The summed E-state index contributed by atoms with van der Waals surface area (Å²) in [7, 11) is 0. The molecule has 158 valence electrons. The van der Waals surface area contributed by atoms with Crippen LogP contribution < -0.4 is 5.69 Å². The average Bonchev–Trinajstić information content (AvgIpc) is 2.98. The Labute approximate surface area is 178 Å². The van der Waals surface area contributed by atoms with Gasteiger partial charge >= 0.3 is 17.8 Å². The summed E-state index contributed by atoms with van der Waals surface area (Å²) < 4.78 is 41.4. The van der Waals surface area contributed by atoms with Gasteiger partial charge in [-0.2, -0.15) is 13.2 Å². The highest BCUT2D eigenvalue weighted by Crippen LogP contribution is 2.30. The number of aromatic carboxylic acids is 1. The Morgan fingerprint density at radius 1 is 0.968 bits per heavy atom. The van der Waals surface area contributed by atoms with Crippen molar-refractivity contribution in [2.45, 2.75) is 12.7 Å². The standard InChI is InChI=1S/C22H14ClF3N2O3/c23-16-6-9-18-19(11-16)28(17-7-4-15(5-8-17)22(24,25)26)21(31)27(18)12-13-2-1-3-14(10-13)20(29)30/h1-11H,12H2,(H,29,30). The zero-order chi connectivity index (χ0) is 22.3.